The molecule has 146 valence electrons. The lowest BCUT2D eigenvalue weighted by molar-refractivity contribution is 0.404. The molecular formula is C22H25N3O2S. The summed E-state index contributed by atoms with van der Waals surface area (Å²) in [6, 6.07) is 5.79. The highest BCUT2D eigenvalue weighted by molar-refractivity contribution is 7.07. The normalized spacial score (nSPS) is 23.6. The number of rotatable bonds is 7. The minimum atomic E-state index is 0.495. The van der Waals surface area contributed by atoms with Crippen LogP contribution in [0.15, 0.2) is 58.5 Å². The summed E-state index contributed by atoms with van der Waals surface area (Å²) in [5.41, 5.74) is 1.88. The fourth-order valence-electron chi connectivity index (χ4n) is 4.01. The number of nitrogens with zero attached hydrogens (tertiary/aromatic N) is 3. The zero-order valence-corrected chi connectivity index (χ0v) is 17.1. The lowest BCUT2D eigenvalue weighted by atomic mass is 9.95. The van der Waals surface area contributed by atoms with Crippen LogP contribution in [-0.2, 0) is 0 Å². The molecule has 0 spiro atoms. The number of aromatic nitrogens is 1. The largest absolute Gasteiger partial charge is 0.497 e. The van der Waals surface area contributed by atoms with Crippen LogP contribution in [-0.4, -0.2) is 31.7 Å². The first-order chi connectivity index (χ1) is 13.7. The second-order valence-electron chi connectivity index (χ2n) is 7.12. The van der Waals surface area contributed by atoms with Gasteiger partial charge in [0.25, 0.3) is 0 Å². The van der Waals surface area contributed by atoms with Gasteiger partial charge in [0.05, 0.1) is 26.5 Å². The summed E-state index contributed by atoms with van der Waals surface area (Å²) >= 11 is 1.57. The lowest BCUT2D eigenvalue weighted by Gasteiger charge is -2.13. The second-order valence-corrected chi connectivity index (χ2v) is 7.96. The van der Waals surface area contributed by atoms with Crippen molar-refractivity contribution >= 4 is 17.6 Å². The molecule has 28 heavy (non-hydrogen) atoms. The number of hydrogen-bond donors (Lipinski definition) is 0. The molecule has 3 unspecified atom stereocenters. The van der Waals surface area contributed by atoms with Gasteiger partial charge >= 0.3 is 0 Å². The average molecular weight is 396 g/mol. The van der Waals surface area contributed by atoms with E-state index in [-0.39, 0.29) is 0 Å². The standard InChI is InChI=1S/C22H25N3O2S/c1-4-9-23-22-25(24-13-17-11-15-5-6-16(17)10-15)20(14-28-22)19-12-18(26-2)7-8-21(19)27-3/h4-8,12-17H,1,9-11H2,2-3H3. The predicted molar refractivity (Wildman–Crippen MR) is 114 cm³/mol. The molecule has 2 aliphatic carbocycles. The van der Waals surface area contributed by atoms with Crippen molar-refractivity contribution in [2.75, 3.05) is 20.8 Å². The number of thiazole rings is 1. The Hall–Kier alpha value is -2.60. The Kier molecular flexibility index (Phi) is 5.48. The third-order valence-electron chi connectivity index (χ3n) is 5.43. The third-order valence-corrected chi connectivity index (χ3v) is 6.28. The molecule has 1 saturated carbocycles. The Morgan fingerprint density at radius 1 is 1.25 bits per heavy atom. The van der Waals surface area contributed by atoms with Gasteiger partial charge in [0.15, 0.2) is 0 Å². The van der Waals surface area contributed by atoms with Crippen LogP contribution in [0.25, 0.3) is 11.3 Å². The van der Waals surface area contributed by atoms with Gasteiger partial charge in [-0.1, -0.05) is 18.2 Å². The lowest BCUT2D eigenvalue weighted by Crippen LogP contribution is -2.15. The summed E-state index contributed by atoms with van der Waals surface area (Å²) in [4.78, 5) is 5.47. The molecule has 0 amide bonds. The summed E-state index contributed by atoms with van der Waals surface area (Å²) in [7, 11) is 3.34. The number of methoxy groups -OCH3 is 2. The highest BCUT2D eigenvalue weighted by atomic mass is 32.1. The van der Waals surface area contributed by atoms with Gasteiger partial charge in [-0.15, -0.1) is 17.9 Å². The van der Waals surface area contributed by atoms with Gasteiger partial charge in [0.1, 0.15) is 11.5 Å². The monoisotopic (exact) mass is 395 g/mol. The van der Waals surface area contributed by atoms with E-state index in [0.29, 0.717) is 18.4 Å². The van der Waals surface area contributed by atoms with Gasteiger partial charge in [0.2, 0.25) is 4.80 Å². The van der Waals surface area contributed by atoms with Gasteiger partial charge in [-0.3, -0.25) is 4.99 Å². The van der Waals surface area contributed by atoms with E-state index in [0.717, 1.165) is 33.5 Å². The maximum Gasteiger partial charge on any atom is 0.206 e. The Morgan fingerprint density at radius 3 is 2.82 bits per heavy atom. The first kappa shape index (κ1) is 18.7. The average Bonchev–Trinajstić information content (AvgIpc) is 3.45. The highest BCUT2D eigenvalue weighted by Crippen LogP contribution is 2.42. The van der Waals surface area contributed by atoms with Crippen molar-refractivity contribution in [3.05, 3.63) is 53.2 Å². The summed E-state index contributed by atoms with van der Waals surface area (Å²) in [5.74, 6) is 3.39. The molecule has 4 rings (SSSR count). The molecule has 5 nitrogen and oxygen atoms in total. The molecule has 2 aromatic rings. The van der Waals surface area contributed by atoms with Crippen molar-refractivity contribution in [2.24, 2.45) is 27.8 Å². The summed E-state index contributed by atoms with van der Waals surface area (Å²) in [5, 5.41) is 6.94. The fourth-order valence-corrected chi connectivity index (χ4v) is 4.85. The number of fused-ring (bicyclic) bond motifs is 2. The van der Waals surface area contributed by atoms with Crippen LogP contribution in [0.1, 0.15) is 12.8 Å². The van der Waals surface area contributed by atoms with Crippen LogP contribution in [0.5, 0.6) is 11.5 Å². The van der Waals surface area contributed by atoms with Crippen LogP contribution < -0.4 is 14.3 Å². The van der Waals surface area contributed by atoms with E-state index < -0.39 is 0 Å². The summed E-state index contributed by atoms with van der Waals surface area (Å²) in [6.45, 7) is 4.33. The smallest absolute Gasteiger partial charge is 0.206 e. The molecule has 1 heterocycles. The van der Waals surface area contributed by atoms with Gasteiger partial charge in [-0.05, 0) is 42.9 Å². The second kappa shape index (κ2) is 8.19. The van der Waals surface area contributed by atoms with Gasteiger partial charge in [-0.25, -0.2) is 4.68 Å². The molecule has 2 bridgehead atoms. The Labute approximate surface area is 169 Å². The van der Waals surface area contributed by atoms with Crippen LogP contribution in [0.3, 0.4) is 0 Å². The maximum absolute atomic E-state index is 5.59. The molecule has 0 aliphatic heterocycles. The third kappa shape index (κ3) is 3.56. The maximum atomic E-state index is 5.59. The van der Waals surface area contributed by atoms with E-state index in [9.17, 15) is 0 Å². The number of hydrogen-bond acceptors (Lipinski definition) is 5. The molecule has 0 saturated heterocycles. The van der Waals surface area contributed by atoms with Crippen molar-refractivity contribution in [3.63, 3.8) is 0 Å². The van der Waals surface area contributed by atoms with E-state index in [4.69, 9.17) is 14.6 Å². The van der Waals surface area contributed by atoms with Crippen molar-refractivity contribution in [1.82, 2.24) is 4.68 Å². The highest BCUT2D eigenvalue weighted by Gasteiger charge is 2.34. The Morgan fingerprint density at radius 2 is 2.14 bits per heavy atom. The zero-order valence-electron chi connectivity index (χ0n) is 16.2. The Bertz CT molecular complexity index is 986. The fraction of sp³-hybridized carbons (Fsp3) is 0.364. The van der Waals surface area contributed by atoms with E-state index in [2.05, 4.69) is 35.3 Å². The zero-order chi connectivity index (χ0) is 19.5. The predicted octanol–water partition coefficient (Wildman–Crippen LogP) is 4.37. The minimum Gasteiger partial charge on any atom is -0.497 e. The van der Waals surface area contributed by atoms with Crippen LogP contribution in [0.4, 0.5) is 0 Å². The van der Waals surface area contributed by atoms with Crippen molar-refractivity contribution in [1.29, 1.82) is 0 Å². The van der Waals surface area contributed by atoms with E-state index in [1.165, 1.54) is 12.8 Å². The van der Waals surface area contributed by atoms with Gasteiger partial charge in [0, 0.05) is 23.1 Å². The van der Waals surface area contributed by atoms with Crippen LogP contribution >= 0.6 is 11.3 Å². The van der Waals surface area contributed by atoms with Gasteiger partial charge < -0.3 is 9.47 Å². The molecule has 1 aromatic heterocycles. The van der Waals surface area contributed by atoms with Crippen LogP contribution in [0.2, 0.25) is 0 Å². The number of allylic oxidation sites excluding steroid dienone is 2. The number of ether oxygens (including phenoxy) is 2. The van der Waals surface area contributed by atoms with Crippen molar-refractivity contribution in [2.45, 2.75) is 12.8 Å². The molecule has 0 radical (unpaired) electrons. The first-order valence-corrected chi connectivity index (χ1v) is 10.4. The number of benzene rings is 1. The SMILES string of the molecule is C=CCN=c1scc(-c2cc(OC)ccc2OC)n1N=CC1CC2C=CC1C2. The molecule has 2 aliphatic rings. The van der Waals surface area contributed by atoms with E-state index in [1.54, 1.807) is 31.6 Å². The van der Waals surface area contributed by atoms with Crippen LogP contribution in [0, 0.1) is 17.8 Å². The van der Waals surface area contributed by atoms with Gasteiger partial charge in [-0.2, -0.15) is 5.10 Å². The van der Waals surface area contributed by atoms with Crippen molar-refractivity contribution < 1.29 is 9.47 Å². The molecule has 0 N–H and O–H groups in total. The molecule has 3 atom stereocenters. The Balaban J connectivity index is 1.77. The summed E-state index contributed by atoms with van der Waals surface area (Å²) < 4.78 is 12.9. The van der Waals surface area contributed by atoms with Crippen molar-refractivity contribution in [3.8, 4) is 22.8 Å². The van der Waals surface area contributed by atoms with E-state index in [1.807, 2.05) is 22.9 Å². The first-order valence-electron chi connectivity index (χ1n) is 9.50. The molecule has 6 heteroatoms. The summed E-state index contributed by atoms with van der Waals surface area (Å²) in [6.07, 6.45) is 11.0. The van der Waals surface area contributed by atoms with E-state index >= 15 is 0 Å². The molecule has 1 fully saturated rings. The topological polar surface area (TPSA) is 48.1 Å². The quantitative estimate of drug-likeness (QED) is 0.516. The minimum absolute atomic E-state index is 0.495. The molecular weight excluding hydrogens is 370 g/mol. The molecule has 1 aromatic carbocycles.